The highest BCUT2D eigenvalue weighted by Gasteiger charge is 2.17. The predicted octanol–water partition coefficient (Wildman–Crippen LogP) is 2.01. The molecule has 0 amide bonds. The molecule has 2 aromatic heterocycles. The molecule has 0 spiro atoms. The van der Waals surface area contributed by atoms with E-state index in [0.717, 1.165) is 42.9 Å². The van der Waals surface area contributed by atoms with Gasteiger partial charge in [0.2, 0.25) is 5.78 Å². The Hall–Kier alpha value is -1.86. The van der Waals surface area contributed by atoms with E-state index in [4.69, 9.17) is 0 Å². The van der Waals surface area contributed by atoms with Crippen molar-refractivity contribution >= 4 is 27.5 Å². The van der Waals surface area contributed by atoms with Crippen LogP contribution < -0.4 is 4.90 Å². The second-order valence-corrected chi connectivity index (χ2v) is 6.54. The molecule has 0 unspecified atom stereocenters. The fourth-order valence-electron chi connectivity index (χ4n) is 2.58. The van der Waals surface area contributed by atoms with Gasteiger partial charge in [0.05, 0.1) is 12.4 Å². The number of ketones is 1. The molecule has 3 heterocycles. The lowest BCUT2D eigenvalue weighted by molar-refractivity contribution is 0.103. The molecule has 1 saturated heterocycles. The average Bonchev–Trinajstić information content (AvgIpc) is 2.79. The molecule has 7 heteroatoms. The molecule has 1 aliphatic rings. The molecule has 1 aliphatic heterocycles. The number of anilines is 1. The molecule has 23 heavy (non-hydrogen) atoms. The van der Waals surface area contributed by atoms with Gasteiger partial charge < -0.3 is 9.80 Å². The number of halogens is 1. The fraction of sp³-hybridized carbons (Fsp3) is 0.375. The number of aromatic nitrogens is 3. The minimum absolute atomic E-state index is 0.167. The molecule has 0 aliphatic carbocycles. The van der Waals surface area contributed by atoms with E-state index in [9.17, 15) is 4.79 Å². The van der Waals surface area contributed by atoms with Gasteiger partial charge in [-0.1, -0.05) is 0 Å². The van der Waals surface area contributed by atoms with Gasteiger partial charge in [-0.25, -0.2) is 4.98 Å². The van der Waals surface area contributed by atoms with Crippen LogP contribution >= 0.6 is 15.9 Å². The van der Waals surface area contributed by atoms with Crippen molar-refractivity contribution in [2.45, 2.75) is 6.42 Å². The predicted molar refractivity (Wildman–Crippen MR) is 91.7 cm³/mol. The van der Waals surface area contributed by atoms with Crippen molar-refractivity contribution in [3.63, 3.8) is 0 Å². The molecular weight excluding hydrogens is 358 g/mol. The van der Waals surface area contributed by atoms with Crippen LogP contribution in [0.15, 0.2) is 35.3 Å². The maximum atomic E-state index is 12.6. The third kappa shape index (κ3) is 3.92. The van der Waals surface area contributed by atoms with E-state index in [0.29, 0.717) is 11.3 Å². The quantitative estimate of drug-likeness (QED) is 0.764. The molecule has 120 valence electrons. The maximum absolute atomic E-state index is 12.6. The van der Waals surface area contributed by atoms with Crippen molar-refractivity contribution in [3.8, 4) is 0 Å². The van der Waals surface area contributed by atoms with Crippen molar-refractivity contribution in [1.82, 2.24) is 19.9 Å². The van der Waals surface area contributed by atoms with Gasteiger partial charge in [0.25, 0.3) is 0 Å². The molecule has 6 nitrogen and oxygen atoms in total. The van der Waals surface area contributed by atoms with Crippen LogP contribution in [0.5, 0.6) is 0 Å². The summed E-state index contributed by atoms with van der Waals surface area (Å²) in [6.07, 6.45) is 7.50. The first kappa shape index (κ1) is 16.0. The number of rotatable bonds is 3. The van der Waals surface area contributed by atoms with E-state index in [-0.39, 0.29) is 5.78 Å². The zero-order valence-electron chi connectivity index (χ0n) is 12.9. The molecule has 0 N–H and O–H groups in total. The average molecular weight is 376 g/mol. The molecule has 0 aromatic carbocycles. The Morgan fingerprint density at radius 3 is 2.74 bits per heavy atom. The number of likely N-dealkylation sites (N-methyl/N-ethyl adjacent to an activating group) is 1. The van der Waals surface area contributed by atoms with Crippen molar-refractivity contribution in [3.05, 3.63) is 46.6 Å². The summed E-state index contributed by atoms with van der Waals surface area (Å²) in [4.78, 5) is 29.8. The summed E-state index contributed by atoms with van der Waals surface area (Å²) in [6.45, 7) is 3.87. The van der Waals surface area contributed by atoms with Crippen LogP contribution in [0.4, 0.5) is 5.82 Å². The van der Waals surface area contributed by atoms with Gasteiger partial charge in [-0.2, -0.15) is 0 Å². The van der Waals surface area contributed by atoms with Gasteiger partial charge in [-0.15, -0.1) is 0 Å². The van der Waals surface area contributed by atoms with Crippen LogP contribution in [0.1, 0.15) is 22.5 Å². The number of carbonyl (C=O) groups is 1. The summed E-state index contributed by atoms with van der Waals surface area (Å²) >= 11 is 3.33. The van der Waals surface area contributed by atoms with Crippen LogP contribution in [-0.4, -0.2) is 58.9 Å². The zero-order chi connectivity index (χ0) is 16.2. The zero-order valence-corrected chi connectivity index (χ0v) is 14.5. The second-order valence-electron chi connectivity index (χ2n) is 5.63. The molecule has 1 fully saturated rings. The summed E-state index contributed by atoms with van der Waals surface area (Å²) in [5.41, 5.74) is 0.849. The van der Waals surface area contributed by atoms with Gasteiger partial charge in [-0.05, 0) is 42.0 Å². The highest BCUT2D eigenvalue weighted by Crippen LogP contribution is 2.16. The summed E-state index contributed by atoms with van der Waals surface area (Å²) in [7, 11) is 2.12. The van der Waals surface area contributed by atoms with Gasteiger partial charge in [0, 0.05) is 42.1 Å². The fourth-order valence-corrected chi connectivity index (χ4v) is 2.94. The van der Waals surface area contributed by atoms with Crippen LogP contribution in [0.2, 0.25) is 0 Å². The van der Waals surface area contributed by atoms with Crippen molar-refractivity contribution in [1.29, 1.82) is 0 Å². The summed E-state index contributed by atoms with van der Waals surface area (Å²) in [6, 6.07) is 1.74. The number of carbonyl (C=O) groups excluding carboxylic acids is 1. The molecule has 0 saturated carbocycles. The topological polar surface area (TPSA) is 62.2 Å². The van der Waals surface area contributed by atoms with Gasteiger partial charge in [-0.3, -0.25) is 14.8 Å². The highest BCUT2D eigenvalue weighted by atomic mass is 79.9. The monoisotopic (exact) mass is 375 g/mol. The van der Waals surface area contributed by atoms with Crippen molar-refractivity contribution < 1.29 is 4.79 Å². The van der Waals surface area contributed by atoms with E-state index >= 15 is 0 Å². The Kier molecular flexibility index (Phi) is 4.97. The summed E-state index contributed by atoms with van der Waals surface area (Å²) in [5, 5.41) is 0. The first-order chi connectivity index (χ1) is 11.1. The van der Waals surface area contributed by atoms with Crippen LogP contribution in [0.25, 0.3) is 0 Å². The minimum Gasteiger partial charge on any atom is -0.354 e. The smallest absolute Gasteiger partial charge is 0.214 e. The van der Waals surface area contributed by atoms with Crippen LogP contribution in [-0.2, 0) is 0 Å². The minimum atomic E-state index is -0.167. The van der Waals surface area contributed by atoms with E-state index in [2.05, 4.69) is 47.7 Å². The number of hydrogen-bond donors (Lipinski definition) is 0. The summed E-state index contributed by atoms with van der Waals surface area (Å²) < 4.78 is 0.767. The first-order valence-corrected chi connectivity index (χ1v) is 8.33. The van der Waals surface area contributed by atoms with Crippen LogP contribution in [0, 0.1) is 0 Å². The molecule has 2 aromatic rings. The SMILES string of the molecule is CN1CCCN(c2cncc(C(=O)c3cncc(Br)c3)n2)CC1. The van der Waals surface area contributed by atoms with Crippen LogP contribution in [0.3, 0.4) is 0 Å². The third-order valence-electron chi connectivity index (χ3n) is 3.87. The second kappa shape index (κ2) is 7.14. The van der Waals surface area contributed by atoms with Crippen molar-refractivity contribution in [2.75, 3.05) is 38.1 Å². The molecule has 0 atom stereocenters. The van der Waals surface area contributed by atoms with Gasteiger partial charge in [0.15, 0.2) is 0 Å². The molecular formula is C16H18BrN5O. The van der Waals surface area contributed by atoms with Gasteiger partial charge in [0.1, 0.15) is 11.5 Å². The molecule has 0 bridgehead atoms. The Labute approximate surface area is 143 Å². The standard InChI is InChI=1S/C16H18BrN5O/c1-21-3-2-4-22(6-5-21)15-11-19-10-14(20-15)16(23)12-7-13(17)9-18-8-12/h7-11H,2-6H2,1H3. The normalized spacial score (nSPS) is 16.2. The first-order valence-electron chi connectivity index (χ1n) is 7.54. The number of nitrogens with zero attached hydrogens (tertiary/aromatic N) is 5. The Morgan fingerprint density at radius 1 is 1.09 bits per heavy atom. The summed E-state index contributed by atoms with van der Waals surface area (Å²) in [5.74, 6) is 0.592. The van der Waals surface area contributed by atoms with E-state index in [1.54, 1.807) is 24.7 Å². The highest BCUT2D eigenvalue weighted by molar-refractivity contribution is 9.10. The van der Waals surface area contributed by atoms with Gasteiger partial charge >= 0.3 is 0 Å². The number of pyridine rings is 1. The Morgan fingerprint density at radius 2 is 1.91 bits per heavy atom. The molecule has 3 rings (SSSR count). The van der Waals surface area contributed by atoms with E-state index < -0.39 is 0 Å². The maximum Gasteiger partial charge on any atom is 0.214 e. The Bertz CT molecular complexity index is 708. The largest absolute Gasteiger partial charge is 0.354 e. The lowest BCUT2D eigenvalue weighted by atomic mass is 10.1. The Balaban J connectivity index is 1.83. The third-order valence-corrected chi connectivity index (χ3v) is 4.30. The lowest BCUT2D eigenvalue weighted by Crippen LogP contribution is -2.29. The molecule has 0 radical (unpaired) electrons. The lowest BCUT2D eigenvalue weighted by Gasteiger charge is -2.21. The van der Waals surface area contributed by atoms with Crippen molar-refractivity contribution in [2.24, 2.45) is 0 Å². The van der Waals surface area contributed by atoms with E-state index in [1.807, 2.05) is 0 Å². The van der Waals surface area contributed by atoms with E-state index in [1.165, 1.54) is 6.20 Å². The number of hydrogen-bond acceptors (Lipinski definition) is 6.